The monoisotopic (exact) mass is 254 g/mol. The summed E-state index contributed by atoms with van der Waals surface area (Å²) >= 11 is 0. The van der Waals surface area contributed by atoms with Gasteiger partial charge < -0.3 is 15.0 Å². The third-order valence-corrected chi connectivity index (χ3v) is 4.39. The number of nitrogens with zero attached hydrogens (tertiary/aromatic N) is 1. The minimum atomic E-state index is 0.568. The topological polar surface area (TPSA) is 24.5 Å². The molecule has 0 amide bonds. The van der Waals surface area contributed by atoms with E-state index in [4.69, 9.17) is 4.74 Å². The van der Waals surface area contributed by atoms with Crippen molar-refractivity contribution >= 4 is 0 Å². The lowest BCUT2D eigenvalue weighted by Gasteiger charge is -2.32. The van der Waals surface area contributed by atoms with Crippen LogP contribution in [-0.2, 0) is 4.74 Å². The Balaban J connectivity index is 1.52. The zero-order valence-corrected chi connectivity index (χ0v) is 12.0. The maximum absolute atomic E-state index is 6.00. The van der Waals surface area contributed by atoms with E-state index < -0.39 is 0 Å². The van der Waals surface area contributed by atoms with Crippen molar-refractivity contribution in [3.05, 3.63) is 0 Å². The summed E-state index contributed by atoms with van der Waals surface area (Å²) in [5, 5.41) is 3.55. The molecule has 2 rings (SSSR count). The van der Waals surface area contributed by atoms with Gasteiger partial charge in [0.05, 0.1) is 12.7 Å². The van der Waals surface area contributed by atoms with Crippen molar-refractivity contribution in [3.8, 4) is 0 Å². The molecule has 1 N–H and O–H groups in total. The fourth-order valence-corrected chi connectivity index (χ4v) is 3.23. The SMILES string of the molecule is CCNC1CCN(CCOC2CCCCC2)CC1. The van der Waals surface area contributed by atoms with Gasteiger partial charge >= 0.3 is 0 Å². The number of piperidine rings is 1. The van der Waals surface area contributed by atoms with Gasteiger partial charge in [-0.2, -0.15) is 0 Å². The number of rotatable bonds is 6. The highest BCUT2D eigenvalue weighted by atomic mass is 16.5. The van der Waals surface area contributed by atoms with Crippen molar-refractivity contribution in [1.82, 2.24) is 10.2 Å². The van der Waals surface area contributed by atoms with Crippen LogP contribution in [0.3, 0.4) is 0 Å². The lowest BCUT2D eigenvalue weighted by atomic mass is 9.98. The molecule has 106 valence electrons. The summed E-state index contributed by atoms with van der Waals surface area (Å²) in [6.07, 6.45) is 9.92. The number of hydrogen-bond donors (Lipinski definition) is 1. The van der Waals surface area contributed by atoms with E-state index in [1.165, 1.54) is 58.0 Å². The maximum Gasteiger partial charge on any atom is 0.0597 e. The summed E-state index contributed by atoms with van der Waals surface area (Å²) in [5.41, 5.74) is 0. The fraction of sp³-hybridized carbons (Fsp3) is 1.00. The molecule has 18 heavy (non-hydrogen) atoms. The molecule has 3 nitrogen and oxygen atoms in total. The summed E-state index contributed by atoms with van der Waals surface area (Å²) in [4.78, 5) is 2.57. The van der Waals surface area contributed by atoms with Gasteiger partial charge in [0.2, 0.25) is 0 Å². The van der Waals surface area contributed by atoms with E-state index >= 15 is 0 Å². The Morgan fingerprint density at radius 1 is 1.06 bits per heavy atom. The lowest BCUT2D eigenvalue weighted by Crippen LogP contribution is -2.43. The molecule has 1 heterocycles. The summed E-state index contributed by atoms with van der Waals surface area (Å²) < 4.78 is 6.00. The molecule has 3 heteroatoms. The van der Waals surface area contributed by atoms with Gasteiger partial charge in [-0.05, 0) is 45.3 Å². The largest absolute Gasteiger partial charge is 0.377 e. The van der Waals surface area contributed by atoms with Crippen molar-refractivity contribution < 1.29 is 4.74 Å². The summed E-state index contributed by atoms with van der Waals surface area (Å²) in [6, 6.07) is 0.755. The third-order valence-electron chi connectivity index (χ3n) is 4.39. The minimum Gasteiger partial charge on any atom is -0.377 e. The van der Waals surface area contributed by atoms with E-state index in [0.29, 0.717) is 6.10 Å². The molecule has 0 aromatic rings. The van der Waals surface area contributed by atoms with Crippen molar-refractivity contribution in [3.63, 3.8) is 0 Å². The van der Waals surface area contributed by atoms with Crippen LogP contribution < -0.4 is 5.32 Å². The van der Waals surface area contributed by atoms with Gasteiger partial charge in [-0.25, -0.2) is 0 Å². The molecule has 0 atom stereocenters. The van der Waals surface area contributed by atoms with Crippen molar-refractivity contribution in [2.45, 2.75) is 64.0 Å². The zero-order valence-electron chi connectivity index (χ0n) is 12.0. The van der Waals surface area contributed by atoms with Crippen molar-refractivity contribution in [2.75, 3.05) is 32.8 Å². The molecule has 1 aliphatic carbocycles. The Hall–Kier alpha value is -0.120. The Kier molecular flexibility index (Phi) is 6.46. The number of ether oxygens (including phenoxy) is 1. The van der Waals surface area contributed by atoms with Gasteiger partial charge in [0.15, 0.2) is 0 Å². The first-order chi connectivity index (χ1) is 8.88. The smallest absolute Gasteiger partial charge is 0.0597 e. The van der Waals surface area contributed by atoms with Crippen LogP contribution in [0.15, 0.2) is 0 Å². The second-order valence-electron chi connectivity index (χ2n) is 5.80. The molecule has 0 aromatic heterocycles. The van der Waals surface area contributed by atoms with Crippen LogP contribution in [0.4, 0.5) is 0 Å². The van der Waals surface area contributed by atoms with Gasteiger partial charge in [0.1, 0.15) is 0 Å². The minimum absolute atomic E-state index is 0.568. The molecule has 2 fully saturated rings. The van der Waals surface area contributed by atoms with Crippen LogP contribution in [0.2, 0.25) is 0 Å². The molecule has 0 aromatic carbocycles. The van der Waals surface area contributed by atoms with Gasteiger partial charge in [-0.3, -0.25) is 0 Å². The zero-order chi connectivity index (χ0) is 12.6. The van der Waals surface area contributed by atoms with Crippen LogP contribution in [0, 0.1) is 0 Å². The van der Waals surface area contributed by atoms with E-state index in [1.54, 1.807) is 0 Å². The summed E-state index contributed by atoms with van der Waals surface area (Å²) in [6.45, 7) is 7.86. The van der Waals surface area contributed by atoms with Crippen LogP contribution >= 0.6 is 0 Å². The summed E-state index contributed by atoms with van der Waals surface area (Å²) in [5.74, 6) is 0. The molecule has 0 unspecified atom stereocenters. The van der Waals surface area contributed by atoms with E-state index in [2.05, 4.69) is 17.1 Å². The van der Waals surface area contributed by atoms with Crippen LogP contribution in [-0.4, -0.2) is 49.8 Å². The quantitative estimate of drug-likeness (QED) is 0.788. The highest BCUT2D eigenvalue weighted by Crippen LogP contribution is 2.20. The van der Waals surface area contributed by atoms with E-state index in [-0.39, 0.29) is 0 Å². The van der Waals surface area contributed by atoms with E-state index in [9.17, 15) is 0 Å². The molecular formula is C15H30N2O. The van der Waals surface area contributed by atoms with Gasteiger partial charge in [-0.15, -0.1) is 0 Å². The van der Waals surface area contributed by atoms with Crippen molar-refractivity contribution in [2.24, 2.45) is 0 Å². The number of hydrogen-bond acceptors (Lipinski definition) is 3. The average molecular weight is 254 g/mol. The molecule has 1 saturated heterocycles. The van der Waals surface area contributed by atoms with E-state index in [1.807, 2.05) is 0 Å². The fourth-order valence-electron chi connectivity index (χ4n) is 3.23. The molecule has 0 bridgehead atoms. The molecule has 0 radical (unpaired) electrons. The second kappa shape index (κ2) is 8.13. The Bertz CT molecular complexity index is 209. The van der Waals surface area contributed by atoms with E-state index in [0.717, 1.165) is 25.7 Å². The summed E-state index contributed by atoms with van der Waals surface area (Å²) in [7, 11) is 0. The van der Waals surface area contributed by atoms with Gasteiger partial charge in [0.25, 0.3) is 0 Å². The Morgan fingerprint density at radius 2 is 1.78 bits per heavy atom. The highest BCUT2D eigenvalue weighted by Gasteiger charge is 2.18. The average Bonchev–Trinajstić information content (AvgIpc) is 2.42. The molecule has 0 spiro atoms. The number of nitrogens with one attached hydrogen (secondary N) is 1. The second-order valence-corrected chi connectivity index (χ2v) is 5.80. The van der Waals surface area contributed by atoms with Gasteiger partial charge in [0, 0.05) is 12.6 Å². The Morgan fingerprint density at radius 3 is 2.44 bits per heavy atom. The van der Waals surface area contributed by atoms with Gasteiger partial charge in [-0.1, -0.05) is 26.2 Å². The molecular weight excluding hydrogens is 224 g/mol. The lowest BCUT2D eigenvalue weighted by molar-refractivity contribution is 0.0129. The first-order valence-electron chi connectivity index (χ1n) is 7.96. The molecule has 1 aliphatic heterocycles. The maximum atomic E-state index is 6.00. The first-order valence-corrected chi connectivity index (χ1v) is 7.96. The predicted octanol–water partition coefficient (Wildman–Crippen LogP) is 2.41. The third kappa shape index (κ3) is 4.87. The number of likely N-dealkylation sites (tertiary alicyclic amines) is 1. The first kappa shape index (κ1) is 14.3. The van der Waals surface area contributed by atoms with Crippen LogP contribution in [0.5, 0.6) is 0 Å². The van der Waals surface area contributed by atoms with Crippen molar-refractivity contribution in [1.29, 1.82) is 0 Å². The normalized spacial score (nSPS) is 24.5. The standard InChI is InChI=1S/C15H30N2O/c1-2-16-14-8-10-17(11-9-14)12-13-18-15-6-4-3-5-7-15/h14-16H,2-13H2,1H3. The van der Waals surface area contributed by atoms with Crippen LogP contribution in [0.25, 0.3) is 0 Å². The van der Waals surface area contributed by atoms with Crippen LogP contribution in [0.1, 0.15) is 51.9 Å². The molecule has 1 saturated carbocycles. The highest BCUT2D eigenvalue weighted by molar-refractivity contribution is 4.76. The molecule has 2 aliphatic rings. The predicted molar refractivity (Wildman–Crippen MR) is 76.0 cm³/mol. The Labute approximate surface area is 112 Å².